The van der Waals surface area contributed by atoms with Gasteiger partial charge in [0.25, 0.3) is 0 Å². The van der Waals surface area contributed by atoms with Gasteiger partial charge in [-0.1, -0.05) is 62.0 Å². The molecule has 1 aliphatic heterocycles. The molecule has 0 radical (unpaired) electrons. The zero-order valence-electron chi connectivity index (χ0n) is 11.3. The van der Waals surface area contributed by atoms with Crippen LogP contribution < -0.4 is 5.32 Å². The van der Waals surface area contributed by atoms with E-state index in [0.717, 1.165) is 6.42 Å². The highest BCUT2D eigenvalue weighted by Gasteiger charge is 2.25. The summed E-state index contributed by atoms with van der Waals surface area (Å²) in [4.78, 5) is 0. The molecular weight excluding hydrogens is 230 g/mol. The quantitative estimate of drug-likeness (QED) is 0.846. The average Bonchev–Trinajstić information content (AvgIpc) is 2.90. The standard InChI is InChI=1S/C18H19N/c1-3-14-8-10-15(11-9-14)13(2)18-12-16-6-4-5-7-17(16)19-18/h3-11,13,18-19H,1,12H2,2H3. The fourth-order valence-corrected chi connectivity index (χ4v) is 2.80. The minimum absolute atomic E-state index is 0.493. The monoisotopic (exact) mass is 249 g/mol. The molecule has 0 saturated heterocycles. The van der Waals surface area contributed by atoms with Crippen LogP contribution in [-0.2, 0) is 6.42 Å². The molecule has 2 aromatic carbocycles. The SMILES string of the molecule is C=Cc1ccc(C(C)C2Cc3ccccc3N2)cc1. The zero-order valence-corrected chi connectivity index (χ0v) is 11.3. The first-order valence-corrected chi connectivity index (χ1v) is 6.85. The average molecular weight is 249 g/mol. The molecular formula is C18H19N. The van der Waals surface area contributed by atoms with Crippen LogP contribution in [0.4, 0.5) is 5.69 Å². The lowest BCUT2D eigenvalue weighted by Gasteiger charge is -2.20. The molecule has 2 unspecified atom stereocenters. The van der Waals surface area contributed by atoms with Crippen molar-refractivity contribution in [2.24, 2.45) is 0 Å². The Kier molecular flexibility index (Phi) is 3.12. The number of rotatable bonds is 3. The van der Waals surface area contributed by atoms with Crippen LogP contribution in [0, 0.1) is 0 Å². The van der Waals surface area contributed by atoms with Gasteiger partial charge in [0.2, 0.25) is 0 Å². The molecule has 2 atom stereocenters. The van der Waals surface area contributed by atoms with Gasteiger partial charge < -0.3 is 5.32 Å². The number of anilines is 1. The molecule has 19 heavy (non-hydrogen) atoms. The van der Waals surface area contributed by atoms with E-state index >= 15 is 0 Å². The number of hydrogen-bond donors (Lipinski definition) is 1. The van der Waals surface area contributed by atoms with Crippen molar-refractivity contribution >= 4 is 11.8 Å². The third-order valence-corrected chi connectivity index (χ3v) is 4.10. The molecule has 1 nitrogen and oxygen atoms in total. The Labute approximate surface area is 115 Å². The van der Waals surface area contributed by atoms with Crippen molar-refractivity contribution in [2.75, 3.05) is 5.32 Å². The Hall–Kier alpha value is -2.02. The van der Waals surface area contributed by atoms with Gasteiger partial charge >= 0.3 is 0 Å². The fourth-order valence-electron chi connectivity index (χ4n) is 2.80. The Morgan fingerprint density at radius 1 is 1.16 bits per heavy atom. The Bertz CT molecular complexity index is 558. The maximum absolute atomic E-state index is 3.80. The van der Waals surface area contributed by atoms with Crippen molar-refractivity contribution in [3.8, 4) is 0 Å². The van der Waals surface area contributed by atoms with Crippen molar-refractivity contribution in [2.45, 2.75) is 25.3 Å². The van der Waals surface area contributed by atoms with Crippen molar-refractivity contribution in [3.05, 3.63) is 71.8 Å². The van der Waals surface area contributed by atoms with Gasteiger partial charge in [0, 0.05) is 17.6 Å². The zero-order chi connectivity index (χ0) is 13.2. The van der Waals surface area contributed by atoms with E-state index in [2.05, 4.69) is 67.4 Å². The van der Waals surface area contributed by atoms with Crippen LogP contribution >= 0.6 is 0 Å². The normalized spacial score (nSPS) is 18.5. The molecule has 1 N–H and O–H groups in total. The van der Waals surface area contributed by atoms with Crippen molar-refractivity contribution < 1.29 is 0 Å². The molecule has 1 heteroatoms. The van der Waals surface area contributed by atoms with Gasteiger partial charge in [0.05, 0.1) is 0 Å². The molecule has 0 saturated carbocycles. The second kappa shape index (κ2) is 4.93. The largest absolute Gasteiger partial charge is 0.381 e. The maximum Gasteiger partial charge on any atom is 0.0375 e. The lowest BCUT2D eigenvalue weighted by molar-refractivity contribution is 0.622. The Morgan fingerprint density at radius 2 is 1.89 bits per heavy atom. The van der Waals surface area contributed by atoms with Gasteiger partial charge in [-0.15, -0.1) is 0 Å². The first kappa shape index (κ1) is 12.0. The maximum atomic E-state index is 3.80. The fraction of sp³-hybridized carbons (Fsp3) is 0.222. The van der Waals surface area contributed by atoms with Gasteiger partial charge in [-0.3, -0.25) is 0 Å². The van der Waals surface area contributed by atoms with Gasteiger partial charge in [-0.2, -0.15) is 0 Å². The number of para-hydroxylation sites is 1. The van der Waals surface area contributed by atoms with Crippen LogP contribution in [0.15, 0.2) is 55.1 Å². The Balaban J connectivity index is 1.78. The smallest absolute Gasteiger partial charge is 0.0375 e. The second-order valence-electron chi connectivity index (χ2n) is 5.27. The first-order chi connectivity index (χ1) is 9.28. The number of benzene rings is 2. The van der Waals surface area contributed by atoms with Crippen LogP contribution in [0.5, 0.6) is 0 Å². The summed E-state index contributed by atoms with van der Waals surface area (Å²) in [6.45, 7) is 6.10. The molecule has 0 aliphatic carbocycles. The summed E-state index contributed by atoms with van der Waals surface area (Å²) >= 11 is 0. The summed E-state index contributed by atoms with van der Waals surface area (Å²) in [5, 5.41) is 3.64. The Morgan fingerprint density at radius 3 is 2.58 bits per heavy atom. The van der Waals surface area contributed by atoms with Gasteiger partial charge in [-0.25, -0.2) is 0 Å². The minimum atomic E-state index is 0.493. The summed E-state index contributed by atoms with van der Waals surface area (Å²) in [5.41, 5.74) is 5.29. The lowest BCUT2D eigenvalue weighted by atomic mass is 9.91. The molecule has 1 heterocycles. The van der Waals surface area contributed by atoms with Crippen LogP contribution in [0.2, 0.25) is 0 Å². The summed E-state index contributed by atoms with van der Waals surface area (Å²) in [5.74, 6) is 0.506. The minimum Gasteiger partial charge on any atom is -0.381 e. The topological polar surface area (TPSA) is 12.0 Å². The molecule has 3 rings (SSSR count). The predicted molar refractivity (Wildman–Crippen MR) is 82.5 cm³/mol. The second-order valence-corrected chi connectivity index (χ2v) is 5.27. The van der Waals surface area contributed by atoms with Gasteiger partial charge in [-0.05, 0) is 29.2 Å². The molecule has 1 aliphatic rings. The molecule has 0 bridgehead atoms. The number of hydrogen-bond acceptors (Lipinski definition) is 1. The van der Waals surface area contributed by atoms with Crippen molar-refractivity contribution in [3.63, 3.8) is 0 Å². The first-order valence-electron chi connectivity index (χ1n) is 6.85. The van der Waals surface area contributed by atoms with Crippen molar-refractivity contribution in [1.29, 1.82) is 0 Å². The van der Waals surface area contributed by atoms with E-state index in [0.29, 0.717) is 12.0 Å². The summed E-state index contributed by atoms with van der Waals surface area (Å²) in [6.07, 6.45) is 3.00. The number of nitrogens with one attached hydrogen (secondary N) is 1. The van der Waals surface area contributed by atoms with E-state index in [1.807, 2.05) is 6.08 Å². The third kappa shape index (κ3) is 2.28. The highest BCUT2D eigenvalue weighted by atomic mass is 15.0. The van der Waals surface area contributed by atoms with E-state index < -0.39 is 0 Å². The summed E-state index contributed by atoms with van der Waals surface area (Å²) < 4.78 is 0. The highest BCUT2D eigenvalue weighted by Crippen LogP contribution is 2.32. The van der Waals surface area contributed by atoms with Crippen LogP contribution in [-0.4, -0.2) is 6.04 Å². The summed E-state index contributed by atoms with van der Waals surface area (Å²) in [6, 6.07) is 17.8. The van der Waals surface area contributed by atoms with E-state index in [9.17, 15) is 0 Å². The van der Waals surface area contributed by atoms with E-state index in [-0.39, 0.29) is 0 Å². The molecule has 0 fully saturated rings. The van der Waals surface area contributed by atoms with Gasteiger partial charge in [0.15, 0.2) is 0 Å². The van der Waals surface area contributed by atoms with Gasteiger partial charge in [0.1, 0.15) is 0 Å². The lowest BCUT2D eigenvalue weighted by Crippen LogP contribution is -2.22. The molecule has 2 aromatic rings. The van der Waals surface area contributed by atoms with Crippen LogP contribution in [0.25, 0.3) is 6.08 Å². The third-order valence-electron chi connectivity index (χ3n) is 4.10. The molecule has 96 valence electrons. The van der Waals surface area contributed by atoms with Crippen molar-refractivity contribution in [1.82, 2.24) is 0 Å². The number of fused-ring (bicyclic) bond motifs is 1. The molecule has 0 amide bonds. The van der Waals surface area contributed by atoms with E-state index in [1.54, 1.807) is 0 Å². The molecule has 0 aromatic heterocycles. The van der Waals surface area contributed by atoms with E-state index in [1.165, 1.54) is 22.4 Å². The predicted octanol–water partition coefficient (Wildman–Crippen LogP) is 4.47. The summed E-state index contributed by atoms with van der Waals surface area (Å²) in [7, 11) is 0. The van der Waals surface area contributed by atoms with Crippen LogP contribution in [0.3, 0.4) is 0 Å². The van der Waals surface area contributed by atoms with Crippen LogP contribution in [0.1, 0.15) is 29.5 Å². The molecule has 0 spiro atoms. The highest BCUT2D eigenvalue weighted by molar-refractivity contribution is 5.57. The van der Waals surface area contributed by atoms with E-state index in [4.69, 9.17) is 0 Å².